The fourth-order valence-corrected chi connectivity index (χ4v) is 4.85. The van der Waals surface area contributed by atoms with Crippen molar-refractivity contribution in [2.24, 2.45) is 11.3 Å². The predicted molar refractivity (Wildman–Crippen MR) is 117 cm³/mol. The molecule has 2 amide bonds. The number of nitrogens with zero attached hydrogens (tertiary/aromatic N) is 2. The number of aromatic amines is 1. The van der Waals surface area contributed by atoms with E-state index in [1.165, 1.54) is 0 Å². The zero-order valence-electron chi connectivity index (χ0n) is 18.5. The third kappa shape index (κ3) is 7.07. The second-order valence-electron chi connectivity index (χ2n) is 8.97. The van der Waals surface area contributed by atoms with E-state index in [1.54, 1.807) is 12.3 Å². The molecule has 0 radical (unpaired) electrons. The first-order valence-corrected chi connectivity index (χ1v) is 10.9. The van der Waals surface area contributed by atoms with Crippen LogP contribution in [-0.4, -0.2) is 89.7 Å². The van der Waals surface area contributed by atoms with Crippen molar-refractivity contribution in [1.82, 2.24) is 20.1 Å². The number of aromatic nitrogens is 1. The Morgan fingerprint density at radius 3 is 2.55 bits per heavy atom. The number of H-pyrrole nitrogens is 1. The van der Waals surface area contributed by atoms with Gasteiger partial charge in [0.25, 0.3) is 12.4 Å². The van der Waals surface area contributed by atoms with Gasteiger partial charge in [-0.1, -0.05) is 0 Å². The van der Waals surface area contributed by atoms with Crippen LogP contribution in [0.5, 0.6) is 0 Å². The molecular formula is C22H36N4O5. The highest BCUT2D eigenvalue weighted by Crippen LogP contribution is 2.33. The zero-order chi connectivity index (χ0) is 22.9. The minimum Gasteiger partial charge on any atom is -0.483 e. The van der Waals surface area contributed by atoms with E-state index < -0.39 is 0 Å². The monoisotopic (exact) mass is 436 g/mol. The Labute approximate surface area is 183 Å². The molecule has 1 atom stereocenters. The molecule has 1 aromatic rings. The maximum atomic E-state index is 13.1. The molecule has 1 aliphatic heterocycles. The summed E-state index contributed by atoms with van der Waals surface area (Å²) in [6.45, 7) is 2.10. The van der Waals surface area contributed by atoms with Gasteiger partial charge in [0.05, 0.1) is 6.61 Å². The van der Waals surface area contributed by atoms with Crippen molar-refractivity contribution >= 4 is 18.3 Å². The minimum absolute atomic E-state index is 0.0347. The summed E-state index contributed by atoms with van der Waals surface area (Å²) in [6.07, 6.45) is 6.94. The van der Waals surface area contributed by atoms with Crippen molar-refractivity contribution in [3.8, 4) is 0 Å². The van der Waals surface area contributed by atoms with E-state index >= 15 is 0 Å². The zero-order valence-corrected chi connectivity index (χ0v) is 18.5. The minimum atomic E-state index is -0.250. The molecule has 2 aliphatic rings. The Kier molecular flexibility index (Phi) is 9.51. The van der Waals surface area contributed by atoms with Crippen molar-refractivity contribution < 1.29 is 24.6 Å². The Morgan fingerprint density at radius 2 is 2.00 bits per heavy atom. The molecule has 1 aromatic heterocycles. The van der Waals surface area contributed by atoms with Crippen LogP contribution in [0.4, 0.5) is 0 Å². The van der Waals surface area contributed by atoms with Gasteiger partial charge in [0.15, 0.2) is 0 Å². The van der Waals surface area contributed by atoms with E-state index in [-0.39, 0.29) is 42.3 Å². The number of carbonyl (C=O) groups excluding carboxylic acids is 2. The predicted octanol–water partition coefficient (Wildman–Crippen LogP) is 1.17. The van der Waals surface area contributed by atoms with Gasteiger partial charge in [0, 0.05) is 43.2 Å². The first-order chi connectivity index (χ1) is 14.8. The summed E-state index contributed by atoms with van der Waals surface area (Å²) in [5.74, 6) is 0.185. The molecule has 1 saturated heterocycles. The Morgan fingerprint density at radius 1 is 1.32 bits per heavy atom. The SMILES string of the molecule is CN(C)CC1(CO)CCCN(C(=O)C2CCC(NC(=O)c3ccc[nH]3)CC2)C1.O=CO. The van der Waals surface area contributed by atoms with Gasteiger partial charge in [-0.2, -0.15) is 0 Å². The smallest absolute Gasteiger partial charge is 0.290 e. The van der Waals surface area contributed by atoms with Crippen LogP contribution in [0, 0.1) is 11.3 Å². The summed E-state index contributed by atoms with van der Waals surface area (Å²) in [5, 5.41) is 19.9. The van der Waals surface area contributed by atoms with E-state index in [0.717, 1.165) is 51.6 Å². The summed E-state index contributed by atoms with van der Waals surface area (Å²) in [7, 11) is 4.03. The first kappa shape index (κ1) is 24.9. The quantitative estimate of drug-likeness (QED) is 0.496. The highest BCUT2D eigenvalue weighted by Gasteiger charge is 2.39. The van der Waals surface area contributed by atoms with Gasteiger partial charge in [-0.15, -0.1) is 0 Å². The van der Waals surface area contributed by atoms with Crippen LogP contribution in [0.1, 0.15) is 49.0 Å². The number of likely N-dealkylation sites (tertiary alicyclic amines) is 1. The van der Waals surface area contributed by atoms with Gasteiger partial charge in [-0.3, -0.25) is 14.4 Å². The molecule has 1 saturated carbocycles. The molecule has 31 heavy (non-hydrogen) atoms. The van der Waals surface area contributed by atoms with Crippen LogP contribution in [0.2, 0.25) is 0 Å². The lowest BCUT2D eigenvalue weighted by molar-refractivity contribution is -0.141. The van der Waals surface area contributed by atoms with Gasteiger partial charge in [0.1, 0.15) is 5.69 Å². The number of nitrogens with one attached hydrogen (secondary N) is 2. The Balaban J connectivity index is 0.00000107. The molecule has 174 valence electrons. The third-order valence-corrected chi connectivity index (χ3v) is 6.21. The van der Waals surface area contributed by atoms with Crippen LogP contribution in [0.3, 0.4) is 0 Å². The van der Waals surface area contributed by atoms with Crippen molar-refractivity contribution in [2.75, 3.05) is 40.3 Å². The molecular weight excluding hydrogens is 400 g/mol. The molecule has 9 nitrogen and oxygen atoms in total. The van der Waals surface area contributed by atoms with Crippen molar-refractivity contribution in [3.63, 3.8) is 0 Å². The van der Waals surface area contributed by atoms with Crippen LogP contribution >= 0.6 is 0 Å². The lowest BCUT2D eigenvalue weighted by Gasteiger charge is -2.44. The molecule has 1 aliphatic carbocycles. The summed E-state index contributed by atoms with van der Waals surface area (Å²) < 4.78 is 0. The van der Waals surface area contributed by atoms with Gasteiger partial charge >= 0.3 is 0 Å². The van der Waals surface area contributed by atoms with Gasteiger partial charge in [-0.25, -0.2) is 0 Å². The van der Waals surface area contributed by atoms with Crippen molar-refractivity contribution in [1.29, 1.82) is 0 Å². The first-order valence-electron chi connectivity index (χ1n) is 10.9. The molecule has 4 N–H and O–H groups in total. The topological polar surface area (TPSA) is 126 Å². The number of carboxylic acid groups (broad SMARTS) is 1. The summed E-state index contributed by atoms with van der Waals surface area (Å²) >= 11 is 0. The largest absolute Gasteiger partial charge is 0.483 e. The maximum absolute atomic E-state index is 13.1. The number of carbonyl (C=O) groups is 3. The number of aliphatic hydroxyl groups is 1. The Hall–Kier alpha value is -2.39. The normalized spacial score (nSPS) is 26.0. The van der Waals surface area contributed by atoms with Crippen LogP contribution in [-0.2, 0) is 9.59 Å². The highest BCUT2D eigenvalue weighted by molar-refractivity contribution is 5.92. The standard InChI is InChI=1S/C21H34N4O3.CH2O2/c1-24(2)13-21(15-26)10-4-12-25(14-21)20(28)16-6-8-17(9-7-16)23-19(27)18-5-3-11-22-18;2-1-3/h3,5,11,16-17,22,26H,4,6-10,12-15H2,1-2H3,(H,23,27);1H,(H,2,3). The van der Waals surface area contributed by atoms with Crippen LogP contribution in [0.15, 0.2) is 18.3 Å². The van der Waals surface area contributed by atoms with E-state index in [1.807, 2.05) is 25.1 Å². The number of hydrogen-bond acceptors (Lipinski definition) is 5. The fraction of sp³-hybridized carbons (Fsp3) is 0.682. The lowest BCUT2D eigenvalue weighted by Crippen LogP contribution is -2.53. The maximum Gasteiger partial charge on any atom is 0.290 e. The summed E-state index contributed by atoms with van der Waals surface area (Å²) in [6, 6.07) is 3.71. The molecule has 2 heterocycles. The number of aliphatic hydroxyl groups excluding tert-OH is 1. The van der Waals surface area contributed by atoms with Gasteiger partial charge < -0.3 is 30.3 Å². The van der Waals surface area contributed by atoms with Crippen molar-refractivity contribution in [2.45, 2.75) is 44.6 Å². The molecule has 0 aromatic carbocycles. The third-order valence-electron chi connectivity index (χ3n) is 6.21. The number of hydrogen-bond donors (Lipinski definition) is 4. The highest BCUT2D eigenvalue weighted by atomic mass is 16.3. The fourth-order valence-electron chi connectivity index (χ4n) is 4.85. The lowest BCUT2D eigenvalue weighted by atomic mass is 9.78. The molecule has 3 rings (SSSR count). The van der Waals surface area contributed by atoms with Crippen LogP contribution < -0.4 is 5.32 Å². The van der Waals surface area contributed by atoms with Gasteiger partial charge in [-0.05, 0) is 64.8 Å². The summed E-state index contributed by atoms with van der Waals surface area (Å²) in [4.78, 5) is 40.6. The van der Waals surface area contributed by atoms with Gasteiger partial charge in [0.2, 0.25) is 5.91 Å². The van der Waals surface area contributed by atoms with Crippen LogP contribution in [0.25, 0.3) is 0 Å². The number of rotatable bonds is 6. The molecule has 1 unspecified atom stereocenters. The number of amides is 2. The van der Waals surface area contributed by atoms with E-state index in [2.05, 4.69) is 15.2 Å². The summed E-state index contributed by atoms with van der Waals surface area (Å²) in [5.41, 5.74) is 0.367. The number of piperidine rings is 1. The average Bonchev–Trinajstić information content (AvgIpc) is 3.29. The second kappa shape index (κ2) is 11.9. The molecule has 9 heteroatoms. The average molecular weight is 437 g/mol. The Bertz CT molecular complexity index is 701. The molecule has 0 bridgehead atoms. The second-order valence-corrected chi connectivity index (χ2v) is 8.97. The van der Waals surface area contributed by atoms with E-state index in [9.17, 15) is 14.7 Å². The molecule has 2 fully saturated rings. The van der Waals surface area contributed by atoms with E-state index in [0.29, 0.717) is 12.2 Å². The van der Waals surface area contributed by atoms with Crippen molar-refractivity contribution in [3.05, 3.63) is 24.0 Å². The van der Waals surface area contributed by atoms with E-state index in [4.69, 9.17) is 9.90 Å². The molecule has 0 spiro atoms.